The Morgan fingerprint density at radius 1 is 1.27 bits per heavy atom. The van der Waals surface area contributed by atoms with E-state index in [1.807, 2.05) is 30.3 Å². The van der Waals surface area contributed by atoms with E-state index in [9.17, 15) is 9.59 Å². The maximum absolute atomic E-state index is 13.1. The summed E-state index contributed by atoms with van der Waals surface area (Å²) in [7, 11) is 1.57. The van der Waals surface area contributed by atoms with E-state index < -0.39 is 11.9 Å². The van der Waals surface area contributed by atoms with Crippen LogP contribution in [-0.4, -0.2) is 28.7 Å². The van der Waals surface area contributed by atoms with Crippen molar-refractivity contribution in [2.45, 2.75) is 19.1 Å². The molecule has 1 atom stereocenters. The minimum Gasteiger partial charge on any atom is -0.378 e. The van der Waals surface area contributed by atoms with Crippen LogP contribution in [0.3, 0.4) is 0 Å². The van der Waals surface area contributed by atoms with Crippen molar-refractivity contribution in [3.63, 3.8) is 0 Å². The number of halogens is 2. The Kier molecular flexibility index (Phi) is 5.76. The van der Waals surface area contributed by atoms with E-state index >= 15 is 0 Å². The Balaban J connectivity index is 1.74. The summed E-state index contributed by atoms with van der Waals surface area (Å²) in [6.07, 6.45) is -0.0492. The van der Waals surface area contributed by atoms with Gasteiger partial charge in [-0.3, -0.25) is 9.59 Å². The van der Waals surface area contributed by atoms with E-state index in [4.69, 9.17) is 27.9 Å². The summed E-state index contributed by atoms with van der Waals surface area (Å²) in [4.78, 5) is 25.5. The van der Waals surface area contributed by atoms with Crippen LogP contribution in [-0.2, 0) is 20.9 Å². The van der Waals surface area contributed by atoms with Crippen molar-refractivity contribution >= 4 is 46.5 Å². The van der Waals surface area contributed by atoms with Crippen molar-refractivity contribution in [1.82, 2.24) is 9.78 Å². The molecule has 0 spiro atoms. The van der Waals surface area contributed by atoms with Crippen molar-refractivity contribution in [3.8, 4) is 11.1 Å². The second-order valence-corrected chi connectivity index (χ2v) is 7.64. The highest BCUT2D eigenvalue weighted by atomic mass is 35.5. The van der Waals surface area contributed by atoms with Crippen LogP contribution in [0.4, 0.5) is 11.5 Å². The number of benzene rings is 2. The second-order valence-electron chi connectivity index (χ2n) is 6.80. The van der Waals surface area contributed by atoms with Crippen molar-refractivity contribution < 1.29 is 14.3 Å². The minimum atomic E-state index is -0.839. The van der Waals surface area contributed by atoms with Gasteiger partial charge in [-0.1, -0.05) is 53.5 Å². The van der Waals surface area contributed by atoms with Gasteiger partial charge < -0.3 is 15.4 Å². The SMILES string of the molecule is COCc1nn2c(c1-c1ccccc1)NC(=O)C[C@H]2C(=O)Nc1ccc(Cl)cc1Cl. The van der Waals surface area contributed by atoms with Crippen LogP contribution >= 0.6 is 23.2 Å². The number of anilines is 2. The predicted octanol–water partition coefficient (Wildman–Crippen LogP) is 4.53. The number of hydrogen-bond donors (Lipinski definition) is 2. The number of aromatic nitrogens is 2. The van der Waals surface area contributed by atoms with Gasteiger partial charge in [-0.25, -0.2) is 4.68 Å². The maximum atomic E-state index is 13.1. The van der Waals surface area contributed by atoms with Gasteiger partial charge in [-0.2, -0.15) is 5.10 Å². The first-order valence-corrected chi connectivity index (χ1v) is 9.95. The van der Waals surface area contributed by atoms with Crippen LogP contribution in [0.1, 0.15) is 18.2 Å². The molecule has 2 heterocycles. The standard InChI is InChI=1S/C21H18Cl2N4O3/c1-30-11-16-19(12-5-3-2-4-6-12)20-25-18(28)10-17(27(20)26-16)21(29)24-15-8-7-13(22)9-14(15)23/h2-9,17H,10-11H2,1H3,(H,24,29)(H,25,28)/t17-/m0/s1. The molecular weight excluding hydrogens is 427 g/mol. The van der Waals surface area contributed by atoms with E-state index in [1.54, 1.807) is 19.2 Å². The van der Waals surface area contributed by atoms with Gasteiger partial charge in [-0.15, -0.1) is 0 Å². The summed E-state index contributed by atoms with van der Waals surface area (Å²) in [6, 6.07) is 13.5. The van der Waals surface area contributed by atoms with E-state index in [-0.39, 0.29) is 18.9 Å². The first-order valence-electron chi connectivity index (χ1n) is 9.19. The van der Waals surface area contributed by atoms with Crippen LogP contribution in [0, 0.1) is 0 Å². The number of amides is 2. The number of rotatable bonds is 5. The molecule has 4 rings (SSSR count). The molecule has 0 unspecified atom stereocenters. The number of nitrogens with zero attached hydrogens (tertiary/aromatic N) is 2. The van der Waals surface area contributed by atoms with Gasteiger partial charge in [0.1, 0.15) is 11.9 Å². The molecule has 1 aromatic heterocycles. The summed E-state index contributed by atoms with van der Waals surface area (Å²) >= 11 is 12.1. The van der Waals surface area contributed by atoms with Crippen LogP contribution in [0.25, 0.3) is 11.1 Å². The zero-order valence-electron chi connectivity index (χ0n) is 16.0. The second kappa shape index (κ2) is 8.47. The molecule has 30 heavy (non-hydrogen) atoms. The molecular formula is C21H18Cl2N4O3. The summed E-state index contributed by atoms with van der Waals surface area (Å²) in [5.41, 5.74) is 2.63. The highest BCUT2D eigenvalue weighted by Crippen LogP contribution is 2.38. The molecule has 0 bridgehead atoms. The number of fused-ring (bicyclic) bond motifs is 1. The quantitative estimate of drug-likeness (QED) is 0.605. The molecule has 0 radical (unpaired) electrons. The van der Waals surface area contributed by atoms with E-state index in [0.29, 0.717) is 27.2 Å². The summed E-state index contributed by atoms with van der Waals surface area (Å²) in [5.74, 6) is -0.209. The van der Waals surface area contributed by atoms with Crippen molar-refractivity contribution in [3.05, 3.63) is 64.3 Å². The van der Waals surface area contributed by atoms with E-state index in [0.717, 1.165) is 11.1 Å². The molecule has 0 aliphatic carbocycles. The third-order valence-corrected chi connectivity index (χ3v) is 5.30. The van der Waals surface area contributed by atoms with Gasteiger partial charge in [-0.05, 0) is 23.8 Å². The largest absolute Gasteiger partial charge is 0.378 e. The lowest BCUT2D eigenvalue weighted by molar-refractivity contribution is -0.125. The van der Waals surface area contributed by atoms with Crippen molar-refractivity contribution in [1.29, 1.82) is 0 Å². The predicted molar refractivity (Wildman–Crippen MR) is 116 cm³/mol. The van der Waals surface area contributed by atoms with Gasteiger partial charge in [0, 0.05) is 17.7 Å². The van der Waals surface area contributed by atoms with E-state index in [1.165, 1.54) is 10.7 Å². The number of hydrogen-bond acceptors (Lipinski definition) is 4. The lowest BCUT2D eigenvalue weighted by Gasteiger charge is -2.24. The fourth-order valence-corrected chi connectivity index (χ4v) is 3.88. The average molecular weight is 445 g/mol. The molecule has 3 aromatic rings. The number of carbonyl (C=O) groups is 2. The van der Waals surface area contributed by atoms with Crippen molar-refractivity contribution in [2.24, 2.45) is 0 Å². The fraction of sp³-hybridized carbons (Fsp3) is 0.190. The lowest BCUT2D eigenvalue weighted by atomic mass is 10.0. The van der Waals surface area contributed by atoms with Crippen LogP contribution in [0.15, 0.2) is 48.5 Å². The average Bonchev–Trinajstić information content (AvgIpc) is 3.08. The van der Waals surface area contributed by atoms with Crippen molar-refractivity contribution in [2.75, 3.05) is 17.7 Å². The topological polar surface area (TPSA) is 85.2 Å². The first-order chi connectivity index (χ1) is 14.5. The molecule has 0 saturated carbocycles. The zero-order chi connectivity index (χ0) is 21.3. The highest BCUT2D eigenvalue weighted by Gasteiger charge is 2.35. The number of nitrogens with one attached hydrogen (secondary N) is 2. The molecule has 154 valence electrons. The normalized spacial score (nSPS) is 15.4. The first kappa shape index (κ1) is 20.4. The summed E-state index contributed by atoms with van der Waals surface area (Å²) in [6.45, 7) is 0.234. The Labute approximate surface area is 182 Å². The summed E-state index contributed by atoms with van der Waals surface area (Å²) < 4.78 is 6.83. The van der Waals surface area contributed by atoms with Gasteiger partial charge in [0.15, 0.2) is 0 Å². The molecule has 2 N–H and O–H groups in total. The highest BCUT2D eigenvalue weighted by molar-refractivity contribution is 6.36. The minimum absolute atomic E-state index is 0.0492. The van der Waals surface area contributed by atoms with Gasteiger partial charge in [0.2, 0.25) is 11.8 Å². The fourth-order valence-electron chi connectivity index (χ4n) is 3.43. The monoisotopic (exact) mass is 444 g/mol. The molecule has 9 heteroatoms. The maximum Gasteiger partial charge on any atom is 0.249 e. The number of ether oxygens (including phenoxy) is 1. The smallest absolute Gasteiger partial charge is 0.249 e. The molecule has 2 aromatic carbocycles. The van der Waals surface area contributed by atoms with Gasteiger partial charge in [0.25, 0.3) is 0 Å². The molecule has 2 amide bonds. The lowest BCUT2D eigenvalue weighted by Crippen LogP contribution is -2.36. The molecule has 1 aliphatic rings. The van der Waals surface area contributed by atoms with E-state index in [2.05, 4.69) is 15.7 Å². The van der Waals surface area contributed by atoms with Crippen LogP contribution in [0.5, 0.6) is 0 Å². The Morgan fingerprint density at radius 3 is 2.73 bits per heavy atom. The Morgan fingerprint density at radius 2 is 2.03 bits per heavy atom. The number of carbonyl (C=O) groups excluding carboxylic acids is 2. The van der Waals surface area contributed by atoms with Gasteiger partial charge in [0.05, 0.1) is 29.4 Å². The molecule has 1 aliphatic heterocycles. The Bertz CT molecular complexity index is 1110. The molecule has 0 saturated heterocycles. The summed E-state index contributed by atoms with van der Waals surface area (Å²) in [5, 5.41) is 11.0. The third kappa shape index (κ3) is 3.92. The van der Waals surface area contributed by atoms with Gasteiger partial charge >= 0.3 is 0 Å². The zero-order valence-corrected chi connectivity index (χ0v) is 17.5. The number of methoxy groups -OCH3 is 1. The van der Waals surface area contributed by atoms with Crippen LogP contribution < -0.4 is 10.6 Å². The van der Waals surface area contributed by atoms with Crippen LogP contribution in [0.2, 0.25) is 10.0 Å². The third-order valence-electron chi connectivity index (χ3n) is 4.75. The molecule has 0 fully saturated rings. The Hall–Kier alpha value is -2.87. The molecule has 7 nitrogen and oxygen atoms in total.